The summed E-state index contributed by atoms with van der Waals surface area (Å²) in [6, 6.07) is 13.1. The number of hydrogen-bond donors (Lipinski definition) is 3. The lowest BCUT2D eigenvalue weighted by atomic mass is 10.0. The highest BCUT2D eigenvalue weighted by molar-refractivity contribution is 5.84. The first kappa shape index (κ1) is 17.0. The molecule has 122 valence electrons. The molecule has 0 aliphatic rings. The number of anilines is 2. The Morgan fingerprint density at radius 1 is 0.958 bits per heavy atom. The smallest absolute Gasteiger partial charge is 0.0865 e. The second kappa shape index (κ2) is 7.23. The third kappa shape index (κ3) is 3.49. The number of nitrogen functional groups attached to an aromatic ring is 2. The van der Waals surface area contributed by atoms with Crippen molar-refractivity contribution in [1.82, 2.24) is 10.2 Å². The summed E-state index contributed by atoms with van der Waals surface area (Å²) in [5.41, 5.74) is 17.2. The minimum Gasteiger partial charge on any atom is -0.397 e. The number of aromatic nitrogens is 2. The summed E-state index contributed by atoms with van der Waals surface area (Å²) in [6.45, 7) is 3.49. The molecule has 6 heteroatoms. The summed E-state index contributed by atoms with van der Waals surface area (Å²) < 4.78 is 0. The van der Waals surface area contributed by atoms with Crippen LogP contribution in [0.15, 0.2) is 58.6 Å². The predicted molar refractivity (Wildman–Crippen MR) is 102 cm³/mol. The quantitative estimate of drug-likeness (QED) is 0.500. The van der Waals surface area contributed by atoms with E-state index in [1.165, 1.54) is 0 Å². The lowest BCUT2D eigenvalue weighted by molar-refractivity contribution is 1.08. The van der Waals surface area contributed by atoms with Crippen LogP contribution in [0.2, 0.25) is 0 Å². The van der Waals surface area contributed by atoms with Gasteiger partial charge in [0, 0.05) is 6.20 Å². The molecule has 6 nitrogen and oxygen atoms in total. The summed E-state index contributed by atoms with van der Waals surface area (Å²) in [4.78, 5) is 8.28. The van der Waals surface area contributed by atoms with Gasteiger partial charge in [0.1, 0.15) is 0 Å². The molecule has 0 fully saturated rings. The van der Waals surface area contributed by atoms with Gasteiger partial charge in [0.15, 0.2) is 0 Å². The van der Waals surface area contributed by atoms with Crippen LogP contribution in [0.1, 0.15) is 13.1 Å². The standard InChI is InChI=1S/C17H16N6.CH4/c1-20-16-5-3-11(8-15(16)19)12-2-4-14(18)17(9-12)21-10-13-6-7-22-23-13;/h2-10H,1,18-19H2,(H,22,23);1H4. The van der Waals surface area contributed by atoms with Crippen molar-refractivity contribution in [3.63, 3.8) is 0 Å². The summed E-state index contributed by atoms with van der Waals surface area (Å²) in [6.07, 6.45) is 3.35. The number of nitrogens with one attached hydrogen (secondary N) is 1. The molecule has 2 aromatic carbocycles. The van der Waals surface area contributed by atoms with E-state index in [1.807, 2.05) is 42.5 Å². The average molecular weight is 320 g/mol. The summed E-state index contributed by atoms with van der Waals surface area (Å²) >= 11 is 0. The van der Waals surface area contributed by atoms with E-state index in [4.69, 9.17) is 11.5 Å². The maximum Gasteiger partial charge on any atom is 0.0865 e. The van der Waals surface area contributed by atoms with E-state index in [2.05, 4.69) is 26.9 Å². The van der Waals surface area contributed by atoms with Crippen molar-refractivity contribution < 1.29 is 0 Å². The summed E-state index contributed by atoms with van der Waals surface area (Å²) in [5, 5.41) is 6.69. The summed E-state index contributed by atoms with van der Waals surface area (Å²) in [5.74, 6) is 0. The van der Waals surface area contributed by atoms with Crippen LogP contribution in [-0.2, 0) is 0 Å². The van der Waals surface area contributed by atoms with Crippen LogP contribution in [0.3, 0.4) is 0 Å². The van der Waals surface area contributed by atoms with Gasteiger partial charge in [-0.1, -0.05) is 19.6 Å². The first-order valence-electron chi connectivity index (χ1n) is 6.97. The first-order valence-corrected chi connectivity index (χ1v) is 6.97. The molecule has 0 atom stereocenters. The molecule has 5 N–H and O–H groups in total. The van der Waals surface area contributed by atoms with Crippen LogP contribution in [-0.4, -0.2) is 23.1 Å². The molecular weight excluding hydrogens is 300 g/mol. The molecule has 0 spiro atoms. The Morgan fingerprint density at radius 3 is 2.38 bits per heavy atom. The Bertz CT molecular complexity index is 865. The first-order chi connectivity index (χ1) is 11.2. The fourth-order valence-corrected chi connectivity index (χ4v) is 2.19. The van der Waals surface area contributed by atoms with Gasteiger partial charge in [-0.25, -0.2) is 0 Å². The largest absolute Gasteiger partial charge is 0.397 e. The maximum absolute atomic E-state index is 5.99. The Balaban J connectivity index is 0.00000208. The minimum absolute atomic E-state index is 0. The van der Waals surface area contributed by atoms with Gasteiger partial charge in [-0.05, 0) is 48.2 Å². The molecule has 3 rings (SSSR count). The Labute approximate surface area is 141 Å². The van der Waals surface area contributed by atoms with Crippen LogP contribution in [0.5, 0.6) is 0 Å². The number of hydrogen-bond acceptors (Lipinski definition) is 5. The molecule has 0 aliphatic heterocycles. The van der Waals surface area contributed by atoms with Gasteiger partial charge < -0.3 is 11.5 Å². The van der Waals surface area contributed by atoms with E-state index in [9.17, 15) is 0 Å². The lowest BCUT2D eigenvalue weighted by Gasteiger charge is -2.07. The van der Waals surface area contributed by atoms with Crippen molar-refractivity contribution in [2.75, 3.05) is 11.5 Å². The van der Waals surface area contributed by atoms with Crippen LogP contribution in [0.25, 0.3) is 11.1 Å². The van der Waals surface area contributed by atoms with Crippen molar-refractivity contribution >= 4 is 35.7 Å². The predicted octanol–water partition coefficient (Wildman–Crippen LogP) is 3.96. The second-order valence-corrected chi connectivity index (χ2v) is 4.98. The number of aliphatic imine (C=N–C) groups is 2. The number of H-pyrrole nitrogens is 1. The van der Waals surface area contributed by atoms with E-state index < -0.39 is 0 Å². The molecule has 0 bridgehead atoms. The van der Waals surface area contributed by atoms with Crippen molar-refractivity contribution in [2.24, 2.45) is 9.98 Å². The minimum atomic E-state index is 0. The van der Waals surface area contributed by atoms with Gasteiger partial charge in [0.05, 0.1) is 34.7 Å². The van der Waals surface area contributed by atoms with Crippen LogP contribution in [0, 0.1) is 0 Å². The Hall–Kier alpha value is -3.41. The average Bonchev–Trinajstić information content (AvgIpc) is 3.07. The SMILES string of the molecule is C.C=Nc1ccc(-c2ccc(N)c(N=Cc3ccn[nH]3)c2)cc1N. The van der Waals surface area contributed by atoms with E-state index >= 15 is 0 Å². The molecule has 0 saturated heterocycles. The van der Waals surface area contributed by atoms with E-state index in [0.717, 1.165) is 16.8 Å². The van der Waals surface area contributed by atoms with Crippen molar-refractivity contribution in [3.05, 3.63) is 54.4 Å². The second-order valence-electron chi connectivity index (χ2n) is 4.98. The molecule has 0 unspecified atom stereocenters. The highest BCUT2D eigenvalue weighted by Crippen LogP contribution is 2.32. The van der Waals surface area contributed by atoms with Gasteiger partial charge in [-0.3, -0.25) is 15.1 Å². The Morgan fingerprint density at radius 2 is 1.71 bits per heavy atom. The maximum atomic E-state index is 5.99. The van der Waals surface area contributed by atoms with Gasteiger partial charge in [-0.15, -0.1) is 0 Å². The monoisotopic (exact) mass is 320 g/mol. The molecule has 0 radical (unpaired) electrons. The molecule has 0 aliphatic carbocycles. The lowest BCUT2D eigenvalue weighted by Crippen LogP contribution is -1.89. The van der Waals surface area contributed by atoms with Gasteiger partial charge in [0.25, 0.3) is 0 Å². The van der Waals surface area contributed by atoms with E-state index in [1.54, 1.807) is 12.4 Å². The van der Waals surface area contributed by atoms with Crippen molar-refractivity contribution in [3.8, 4) is 11.1 Å². The number of aromatic amines is 1. The van der Waals surface area contributed by atoms with Crippen molar-refractivity contribution in [1.29, 1.82) is 0 Å². The molecule has 0 saturated carbocycles. The normalized spacial score (nSPS) is 10.5. The molecule has 24 heavy (non-hydrogen) atoms. The third-order valence-electron chi connectivity index (χ3n) is 3.43. The number of nitrogens with zero attached hydrogens (tertiary/aromatic N) is 3. The number of rotatable bonds is 4. The Kier molecular flexibility index (Phi) is 5.11. The van der Waals surface area contributed by atoms with E-state index in [-0.39, 0.29) is 7.43 Å². The van der Waals surface area contributed by atoms with Gasteiger partial charge in [-0.2, -0.15) is 5.10 Å². The van der Waals surface area contributed by atoms with Crippen LogP contribution < -0.4 is 11.5 Å². The topological polar surface area (TPSA) is 105 Å². The zero-order valence-electron chi connectivity index (χ0n) is 12.4. The highest BCUT2D eigenvalue weighted by Gasteiger charge is 2.05. The fourth-order valence-electron chi connectivity index (χ4n) is 2.19. The molecule has 1 heterocycles. The molecule has 1 aromatic heterocycles. The van der Waals surface area contributed by atoms with Crippen LogP contribution in [0.4, 0.5) is 22.7 Å². The number of benzene rings is 2. The zero-order valence-corrected chi connectivity index (χ0v) is 12.4. The molecule has 0 amide bonds. The van der Waals surface area contributed by atoms with Crippen molar-refractivity contribution in [2.45, 2.75) is 7.43 Å². The van der Waals surface area contributed by atoms with Gasteiger partial charge >= 0.3 is 0 Å². The van der Waals surface area contributed by atoms with Gasteiger partial charge in [0.2, 0.25) is 0 Å². The zero-order chi connectivity index (χ0) is 16.2. The van der Waals surface area contributed by atoms with Crippen LogP contribution >= 0.6 is 0 Å². The number of nitrogens with two attached hydrogens (primary N) is 2. The molecular formula is C18H20N6. The summed E-state index contributed by atoms with van der Waals surface area (Å²) in [7, 11) is 0. The molecule has 3 aromatic rings. The third-order valence-corrected chi connectivity index (χ3v) is 3.43. The fraction of sp³-hybridized carbons (Fsp3) is 0.0556. The van der Waals surface area contributed by atoms with E-state index in [0.29, 0.717) is 22.7 Å². The highest BCUT2D eigenvalue weighted by atomic mass is 15.1.